The summed E-state index contributed by atoms with van der Waals surface area (Å²) in [5, 5.41) is 3.48. The summed E-state index contributed by atoms with van der Waals surface area (Å²) in [6, 6.07) is 10.6. The van der Waals surface area contributed by atoms with Crippen molar-refractivity contribution < 1.29 is 0 Å². The molecule has 5 heteroatoms. The van der Waals surface area contributed by atoms with Crippen LogP contribution in [0.3, 0.4) is 0 Å². The number of hydrogen-bond donors (Lipinski definition) is 0. The van der Waals surface area contributed by atoms with E-state index in [-0.39, 0.29) is 0 Å². The molecule has 0 aliphatic carbocycles. The first-order chi connectivity index (χ1) is 10.1. The van der Waals surface area contributed by atoms with Gasteiger partial charge in [-0.25, -0.2) is 9.97 Å². The Morgan fingerprint density at radius 2 is 1.90 bits per heavy atom. The molecule has 0 N–H and O–H groups in total. The average Bonchev–Trinajstić information content (AvgIpc) is 2.94. The molecule has 0 aliphatic heterocycles. The minimum absolute atomic E-state index is 0.548. The van der Waals surface area contributed by atoms with Crippen LogP contribution in [-0.4, -0.2) is 9.97 Å². The second kappa shape index (κ2) is 6.34. The number of halogens is 1. The highest BCUT2D eigenvalue weighted by molar-refractivity contribution is 7.98. The Morgan fingerprint density at radius 1 is 1.14 bits per heavy atom. The van der Waals surface area contributed by atoms with Crippen molar-refractivity contribution >= 4 is 44.9 Å². The number of thiophene rings is 1. The highest BCUT2D eigenvalue weighted by atomic mass is 35.5. The van der Waals surface area contributed by atoms with Gasteiger partial charge in [-0.3, -0.25) is 0 Å². The Kier molecular flexibility index (Phi) is 4.48. The first-order valence-corrected chi connectivity index (χ1v) is 9.00. The van der Waals surface area contributed by atoms with E-state index >= 15 is 0 Å². The zero-order chi connectivity index (χ0) is 14.8. The SMILES string of the molecule is CC(C)c1ccc(SCc2nc(Cl)c3ccsc3n2)cc1. The van der Waals surface area contributed by atoms with Gasteiger partial charge < -0.3 is 0 Å². The van der Waals surface area contributed by atoms with Crippen molar-refractivity contribution in [2.24, 2.45) is 0 Å². The first-order valence-electron chi connectivity index (χ1n) is 6.76. The molecular formula is C16H15ClN2S2. The van der Waals surface area contributed by atoms with Crippen LogP contribution in [0.1, 0.15) is 31.2 Å². The third-order valence-corrected chi connectivity index (χ3v) is 5.34. The Morgan fingerprint density at radius 3 is 2.62 bits per heavy atom. The molecule has 21 heavy (non-hydrogen) atoms. The van der Waals surface area contributed by atoms with Gasteiger partial charge in [0.25, 0.3) is 0 Å². The lowest BCUT2D eigenvalue weighted by atomic mass is 10.0. The Bertz CT molecular complexity index is 751. The molecule has 0 bridgehead atoms. The molecule has 0 atom stereocenters. The van der Waals surface area contributed by atoms with E-state index in [0.717, 1.165) is 21.8 Å². The van der Waals surface area contributed by atoms with Gasteiger partial charge in [0, 0.05) is 10.3 Å². The molecule has 0 saturated carbocycles. The van der Waals surface area contributed by atoms with E-state index in [0.29, 0.717) is 11.1 Å². The number of benzene rings is 1. The molecule has 0 aliphatic rings. The summed E-state index contributed by atoms with van der Waals surface area (Å²) in [7, 11) is 0. The summed E-state index contributed by atoms with van der Waals surface area (Å²) in [6.07, 6.45) is 0. The lowest BCUT2D eigenvalue weighted by Gasteiger charge is -2.06. The molecule has 108 valence electrons. The van der Waals surface area contributed by atoms with Crippen LogP contribution in [0.2, 0.25) is 5.15 Å². The van der Waals surface area contributed by atoms with E-state index in [1.165, 1.54) is 10.5 Å². The second-order valence-corrected chi connectivity index (χ2v) is 7.38. The quantitative estimate of drug-likeness (QED) is 0.448. The highest BCUT2D eigenvalue weighted by Crippen LogP contribution is 2.28. The zero-order valence-corrected chi connectivity index (χ0v) is 14.2. The van der Waals surface area contributed by atoms with Gasteiger partial charge in [-0.15, -0.1) is 23.1 Å². The molecule has 2 aromatic heterocycles. The second-order valence-electron chi connectivity index (χ2n) is 5.08. The number of thioether (sulfide) groups is 1. The fraction of sp³-hybridized carbons (Fsp3) is 0.250. The molecule has 1 aromatic carbocycles. The molecule has 0 radical (unpaired) electrons. The van der Waals surface area contributed by atoms with Crippen molar-refractivity contribution in [2.75, 3.05) is 0 Å². The minimum atomic E-state index is 0.548. The van der Waals surface area contributed by atoms with Crippen molar-refractivity contribution in [2.45, 2.75) is 30.4 Å². The lowest BCUT2D eigenvalue weighted by molar-refractivity contribution is 0.865. The third kappa shape index (κ3) is 3.39. The maximum absolute atomic E-state index is 6.19. The fourth-order valence-electron chi connectivity index (χ4n) is 2.02. The predicted octanol–water partition coefficient (Wildman–Crippen LogP) is 5.76. The maximum atomic E-state index is 6.19. The number of nitrogens with zero attached hydrogens (tertiary/aromatic N) is 2. The van der Waals surface area contributed by atoms with Crippen LogP contribution < -0.4 is 0 Å². The van der Waals surface area contributed by atoms with Crippen molar-refractivity contribution in [1.82, 2.24) is 9.97 Å². The van der Waals surface area contributed by atoms with Crippen molar-refractivity contribution in [3.63, 3.8) is 0 Å². The van der Waals surface area contributed by atoms with Crippen LogP contribution in [0.15, 0.2) is 40.6 Å². The van der Waals surface area contributed by atoms with Gasteiger partial charge in [0.2, 0.25) is 0 Å². The largest absolute Gasteiger partial charge is 0.221 e. The smallest absolute Gasteiger partial charge is 0.142 e. The average molecular weight is 335 g/mol. The van der Waals surface area contributed by atoms with Crippen LogP contribution in [0.4, 0.5) is 0 Å². The Labute approximate surface area is 137 Å². The predicted molar refractivity (Wildman–Crippen MR) is 92.5 cm³/mol. The molecule has 3 aromatic rings. The summed E-state index contributed by atoms with van der Waals surface area (Å²) >= 11 is 9.52. The third-order valence-electron chi connectivity index (χ3n) is 3.24. The van der Waals surface area contributed by atoms with E-state index < -0.39 is 0 Å². The highest BCUT2D eigenvalue weighted by Gasteiger charge is 2.07. The van der Waals surface area contributed by atoms with E-state index in [9.17, 15) is 0 Å². The van der Waals surface area contributed by atoms with Gasteiger partial charge in [0.15, 0.2) is 0 Å². The standard InChI is InChI=1S/C16H15ClN2S2/c1-10(2)11-3-5-12(6-4-11)21-9-14-18-15(17)13-7-8-20-16(13)19-14/h3-8,10H,9H2,1-2H3. The molecular weight excluding hydrogens is 320 g/mol. The van der Waals surface area contributed by atoms with E-state index in [1.807, 2.05) is 11.4 Å². The molecule has 2 heterocycles. The fourth-order valence-corrected chi connectivity index (χ4v) is 3.86. The monoisotopic (exact) mass is 334 g/mol. The molecule has 0 unspecified atom stereocenters. The summed E-state index contributed by atoms with van der Waals surface area (Å²) in [5.41, 5.74) is 1.36. The molecule has 0 fully saturated rings. The van der Waals surface area contributed by atoms with Gasteiger partial charge in [-0.2, -0.15) is 0 Å². The van der Waals surface area contributed by atoms with Crippen molar-refractivity contribution in [1.29, 1.82) is 0 Å². The molecule has 2 nitrogen and oxygen atoms in total. The Balaban J connectivity index is 1.73. The normalized spacial score (nSPS) is 11.4. The van der Waals surface area contributed by atoms with Crippen molar-refractivity contribution in [3.8, 4) is 0 Å². The van der Waals surface area contributed by atoms with Gasteiger partial charge in [-0.05, 0) is 35.1 Å². The summed E-state index contributed by atoms with van der Waals surface area (Å²) in [5.74, 6) is 2.08. The molecule has 0 spiro atoms. The Hall–Kier alpha value is -1.10. The van der Waals surface area contributed by atoms with E-state index in [1.54, 1.807) is 23.1 Å². The number of rotatable bonds is 4. The minimum Gasteiger partial charge on any atom is -0.221 e. The number of aromatic nitrogens is 2. The van der Waals surface area contributed by atoms with Crippen LogP contribution >= 0.6 is 34.7 Å². The van der Waals surface area contributed by atoms with Crippen LogP contribution in [-0.2, 0) is 5.75 Å². The maximum Gasteiger partial charge on any atom is 0.142 e. The van der Waals surface area contributed by atoms with Crippen LogP contribution in [0.5, 0.6) is 0 Å². The van der Waals surface area contributed by atoms with E-state index in [2.05, 4.69) is 48.1 Å². The first kappa shape index (κ1) is 14.8. The van der Waals surface area contributed by atoms with Gasteiger partial charge in [0.05, 0.1) is 5.75 Å². The molecule has 0 saturated heterocycles. The van der Waals surface area contributed by atoms with Gasteiger partial charge >= 0.3 is 0 Å². The van der Waals surface area contributed by atoms with E-state index in [4.69, 9.17) is 11.6 Å². The molecule has 0 amide bonds. The summed E-state index contributed by atoms with van der Waals surface area (Å²) in [4.78, 5) is 11.1. The van der Waals surface area contributed by atoms with Gasteiger partial charge in [-0.1, -0.05) is 37.6 Å². The number of hydrogen-bond acceptors (Lipinski definition) is 4. The topological polar surface area (TPSA) is 25.8 Å². The summed E-state index contributed by atoms with van der Waals surface area (Å²) < 4.78 is 0. The van der Waals surface area contributed by atoms with Crippen molar-refractivity contribution in [3.05, 3.63) is 52.3 Å². The summed E-state index contributed by atoms with van der Waals surface area (Å²) in [6.45, 7) is 4.41. The lowest BCUT2D eigenvalue weighted by Crippen LogP contribution is -1.93. The van der Waals surface area contributed by atoms with Gasteiger partial charge in [0.1, 0.15) is 15.8 Å². The van der Waals surface area contributed by atoms with Crippen LogP contribution in [0, 0.1) is 0 Å². The zero-order valence-electron chi connectivity index (χ0n) is 11.8. The number of fused-ring (bicyclic) bond motifs is 1. The molecule has 3 rings (SSSR count). The van der Waals surface area contributed by atoms with Crippen LogP contribution in [0.25, 0.3) is 10.2 Å².